The van der Waals surface area contributed by atoms with Crippen molar-refractivity contribution >= 4 is 17.4 Å². The fourth-order valence-corrected chi connectivity index (χ4v) is 1.41. The Morgan fingerprint density at radius 1 is 1.33 bits per heavy atom. The number of hydrogen-bond acceptors (Lipinski definition) is 5. The van der Waals surface area contributed by atoms with Gasteiger partial charge in [-0.05, 0) is 19.1 Å². The molecule has 0 atom stereocenters. The van der Waals surface area contributed by atoms with Crippen LogP contribution in [0.4, 0.5) is 11.5 Å². The third-order valence-electron chi connectivity index (χ3n) is 2.28. The Balaban J connectivity index is 2.16. The molecule has 18 heavy (non-hydrogen) atoms. The minimum absolute atomic E-state index is 0.260. The van der Waals surface area contributed by atoms with Crippen molar-refractivity contribution < 1.29 is 4.79 Å². The number of pyridine rings is 1. The summed E-state index contributed by atoms with van der Waals surface area (Å²) in [5.41, 5.74) is 1.78. The Hall–Kier alpha value is -2.50. The van der Waals surface area contributed by atoms with Gasteiger partial charge in [-0.3, -0.25) is 14.8 Å². The van der Waals surface area contributed by atoms with E-state index in [2.05, 4.69) is 25.6 Å². The van der Waals surface area contributed by atoms with Crippen LogP contribution in [0.3, 0.4) is 0 Å². The van der Waals surface area contributed by atoms with Gasteiger partial charge in [0.2, 0.25) is 0 Å². The predicted octanol–water partition coefficient (Wildman–Crippen LogP) is 1.47. The molecule has 2 heterocycles. The average molecular weight is 243 g/mol. The molecule has 0 radical (unpaired) electrons. The standard InChI is InChI=1S/C12H13N5O/c1-8-5-9(3-4-15-8)16-12(18)10-6-14-7-11(13-2)17-10/h3-7H,1-2H3,(H,13,17)(H,15,16,18). The quantitative estimate of drug-likeness (QED) is 0.853. The van der Waals surface area contributed by atoms with Crippen molar-refractivity contribution in [2.45, 2.75) is 6.92 Å². The van der Waals surface area contributed by atoms with E-state index in [1.54, 1.807) is 31.6 Å². The highest BCUT2D eigenvalue weighted by molar-refractivity contribution is 6.02. The molecule has 0 bridgehead atoms. The predicted molar refractivity (Wildman–Crippen MR) is 68.5 cm³/mol. The van der Waals surface area contributed by atoms with Crippen LogP contribution >= 0.6 is 0 Å². The molecule has 6 nitrogen and oxygen atoms in total. The van der Waals surface area contributed by atoms with Crippen molar-refractivity contribution in [1.82, 2.24) is 15.0 Å². The second-order valence-corrected chi connectivity index (χ2v) is 3.68. The van der Waals surface area contributed by atoms with Gasteiger partial charge in [-0.15, -0.1) is 0 Å². The Kier molecular flexibility index (Phi) is 3.47. The number of amides is 1. The average Bonchev–Trinajstić information content (AvgIpc) is 2.39. The third-order valence-corrected chi connectivity index (χ3v) is 2.28. The highest BCUT2D eigenvalue weighted by Crippen LogP contribution is 2.09. The van der Waals surface area contributed by atoms with E-state index in [0.717, 1.165) is 5.69 Å². The number of hydrogen-bond donors (Lipinski definition) is 2. The van der Waals surface area contributed by atoms with Gasteiger partial charge in [-0.2, -0.15) is 0 Å². The van der Waals surface area contributed by atoms with E-state index >= 15 is 0 Å². The Bertz CT molecular complexity index is 570. The van der Waals surface area contributed by atoms with Crippen molar-refractivity contribution in [3.63, 3.8) is 0 Å². The van der Waals surface area contributed by atoms with Gasteiger partial charge in [0.1, 0.15) is 11.5 Å². The van der Waals surface area contributed by atoms with Gasteiger partial charge in [0.25, 0.3) is 5.91 Å². The molecule has 2 rings (SSSR count). The molecule has 2 aromatic rings. The Labute approximate surface area is 105 Å². The molecule has 92 valence electrons. The SMILES string of the molecule is CNc1cncc(C(=O)Nc2ccnc(C)c2)n1. The lowest BCUT2D eigenvalue weighted by Crippen LogP contribution is -2.15. The third kappa shape index (κ3) is 2.79. The smallest absolute Gasteiger partial charge is 0.275 e. The normalized spacial score (nSPS) is 9.89. The topological polar surface area (TPSA) is 79.8 Å². The zero-order valence-corrected chi connectivity index (χ0v) is 10.1. The monoisotopic (exact) mass is 243 g/mol. The summed E-state index contributed by atoms with van der Waals surface area (Å²) in [4.78, 5) is 24.0. The fourth-order valence-electron chi connectivity index (χ4n) is 1.41. The van der Waals surface area contributed by atoms with Crippen LogP contribution in [0.5, 0.6) is 0 Å². The fraction of sp³-hybridized carbons (Fsp3) is 0.167. The molecule has 2 aromatic heterocycles. The summed E-state index contributed by atoms with van der Waals surface area (Å²) in [7, 11) is 1.72. The van der Waals surface area contributed by atoms with E-state index in [9.17, 15) is 4.79 Å². The number of aryl methyl sites for hydroxylation is 1. The summed E-state index contributed by atoms with van der Waals surface area (Å²) in [6.07, 6.45) is 4.61. The molecule has 0 aliphatic heterocycles. The largest absolute Gasteiger partial charge is 0.372 e. The first-order valence-corrected chi connectivity index (χ1v) is 5.43. The van der Waals surface area contributed by atoms with Crippen molar-refractivity contribution in [2.24, 2.45) is 0 Å². The summed E-state index contributed by atoms with van der Waals surface area (Å²) < 4.78 is 0. The highest BCUT2D eigenvalue weighted by atomic mass is 16.1. The lowest BCUT2D eigenvalue weighted by Gasteiger charge is -2.05. The van der Waals surface area contributed by atoms with Crippen molar-refractivity contribution in [1.29, 1.82) is 0 Å². The highest BCUT2D eigenvalue weighted by Gasteiger charge is 2.09. The van der Waals surface area contributed by atoms with E-state index < -0.39 is 0 Å². The second-order valence-electron chi connectivity index (χ2n) is 3.68. The van der Waals surface area contributed by atoms with Crippen LogP contribution in [0.15, 0.2) is 30.7 Å². The molecule has 0 spiro atoms. The first-order valence-electron chi connectivity index (χ1n) is 5.43. The maximum atomic E-state index is 11.9. The molecule has 0 aliphatic rings. The number of aromatic nitrogens is 3. The van der Waals surface area contributed by atoms with Crippen LogP contribution in [0.2, 0.25) is 0 Å². The second kappa shape index (κ2) is 5.22. The van der Waals surface area contributed by atoms with Gasteiger partial charge in [-0.1, -0.05) is 0 Å². The summed E-state index contributed by atoms with van der Waals surface area (Å²) in [6.45, 7) is 1.86. The van der Waals surface area contributed by atoms with E-state index in [1.807, 2.05) is 6.92 Å². The van der Waals surface area contributed by atoms with E-state index in [1.165, 1.54) is 6.20 Å². The van der Waals surface area contributed by atoms with Crippen LogP contribution in [-0.4, -0.2) is 27.9 Å². The molecule has 0 saturated heterocycles. The van der Waals surface area contributed by atoms with Crippen molar-refractivity contribution in [2.75, 3.05) is 17.7 Å². The molecule has 2 N–H and O–H groups in total. The summed E-state index contributed by atoms with van der Waals surface area (Å²) in [6, 6.07) is 3.51. The minimum Gasteiger partial charge on any atom is -0.372 e. The minimum atomic E-state index is -0.301. The van der Waals surface area contributed by atoms with Gasteiger partial charge < -0.3 is 10.6 Å². The molecular weight excluding hydrogens is 230 g/mol. The van der Waals surface area contributed by atoms with Crippen LogP contribution < -0.4 is 10.6 Å². The maximum Gasteiger partial charge on any atom is 0.275 e. The van der Waals surface area contributed by atoms with E-state index in [4.69, 9.17) is 0 Å². The van der Waals surface area contributed by atoms with Gasteiger partial charge in [-0.25, -0.2) is 4.98 Å². The summed E-state index contributed by atoms with van der Waals surface area (Å²) in [5.74, 6) is 0.249. The number of nitrogens with one attached hydrogen (secondary N) is 2. The number of anilines is 2. The molecule has 0 fully saturated rings. The Morgan fingerprint density at radius 2 is 2.17 bits per heavy atom. The zero-order chi connectivity index (χ0) is 13.0. The molecule has 0 aliphatic carbocycles. The molecule has 1 amide bonds. The maximum absolute atomic E-state index is 11.9. The number of carbonyl (C=O) groups is 1. The van der Waals surface area contributed by atoms with Crippen molar-refractivity contribution in [3.8, 4) is 0 Å². The molecule has 0 unspecified atom stereocenters. The van der Waals surface area contributed by atoms with E-state index in [-0.39, 0.29) is 11.6 Å². The molecule has 6 heteroatoms. The van der Waals surface area contributed by atoms with Crippen LogP contribution in [0, 0.1) is 6.92 Å². The molecule has 0 aromatic carbocycles. The lowest BCUT2D eigenvalue weighted by atomic mass is 10.3. The van der Waals surface area contributed by atoms with Crippen LogP contribution in [0.25, 0.3) is 0 Å². The molecule has 0 saturated carbocycles. The van der Waals surface area contributed by atoms with Gasteiger partial charge in [0.05, 0.1) is 12.4 Å². The lowest BCUT2D eigenvalue weighted by molar-refractivity contribution is 0.102. The summed E-state index contributed by atoms with van der Waals surface area (Å²) >= 11 is 0. The van der Waals surface area contributed by atoms with Crippen LogP contribution in [-0.2, 0) is 0 Å². The van der Waals surface area contributed by atoms with Crippen LogP contribution in [0.1, 0.15) is 16.2 Å². The summed E-state index contributed by atoms with van der Waals surface area (Å²) in [5, 5.41) is 5.57. The van der Waals surface area contributed by atoms with Crippen molar-refractivity contribution in [3.05, 3.63) is 42.1 Å². The van der Waals surface area contributed by atoms with Gasteiger partial charge in [0.15, 0.2) is 0 Å². The molecular formula is C12H13N5O. The first-order chi connectivity index (χ1) is 8.69. The number of carbonyl (C=O) groups excluding carboxylic acids is 1. The number of rotatable bonds is 3. The Morgan fingerprint density at radius 3 is 2.89 bits per heavy atom. The first kappa shape index (κ1) is 12.0. The van der Waals surface area contributed by atoms with E-state index in [0.29, 0.717) is 11.5 Å². The number of nitrogens with zero attached hydrogens (tertiary/aromatic N) is 3. The van der Waals surface area contributed by atoms with Gasteiger partial charge in [0, 0.05) is 24.6 Å². The zero-order valence-electron chi connectivity index (χ0n) is 10.1. The van der Waals surface area contributed by atoms with Gasteiger partial charge >= 0.3 is 0 Å².